The highest BCUT2D eigenvalue weighted by molar-refractivity contribution is 7.17. The predicted octanol–water partition coefficient (Wildman–Crippen LogP) is 5.48. The molecule has 3 rings (SSSR count). The molecule has 6 heteroatoms. The number of thiophene rings is 1. The first-order valence-corrected chi connectivity index (χ1v) is 11.2. The molecule has 0 bridgehead atoms. The number of ether oxygens (including phenoxy) is 2. The predicted molar refractivity (Wildman–Crippen MR) is 116 cm³/mol. The summed E-state index contributed by atoms with van der Waals surface area (Å²) in [5, 5.41) is 3.54. The molecule has 1 aliphatic carbocycles. The highest BCUT2D eigenvalue weighted by Crippen LogP contribution is 2.38. The van der Waals surface area contributed by atoms with Crippen molar-refractivity contribution in [2.45, 2.75) is 52.9 Å². The lowest BCUT2D eigenvalue weighted by molar-refractivity contribution is 0.0526. The molecule has 1 N–H and O–H groups in total. The van der Waals surface area contributed by atoms with Crippen LogP contribution < -0.4 is 10.1 Å². The van der Waals surface area contributed by atoms with Gasteiger partial charge >= 0.3 is 5.97 Å². The van der Waals surface area contributed by atoms with Gasteiger partial charge in [-0.2, -0.15) is 0 Å². The standard InChI is InChI=1S/C23H29NO4S/c1-4-27-23(26)20-18-10-5-6-11-19(18)29-22(20)24-21(25)16-8-7-9-17(14-16)28-13-12-15(2)3/h7-9,14-15H,4-6,10-13H2,1-3H3,(H,24,25). The average Bonchev–Trinajstić information content (AvgIpc) is 3.06. The molecule has 0 atom stereocenters. The molecule has 0 radical (unpaired) electrons. The van der Waals surface area contributed by atoms with E-state index >= 15 is 0 Å². The Hall–Kier alpha value is -2.34. The van der Waals surface area contributed by atoms with E-state index in [1.807, 2.05) is 12.1 Å². The first kappa shape index (κ1) is 21.4. The maximum Gasteiger partial charge on any atom is 0.341 e. The van der Waals surface area contributed by atoms with E-state index in [-0.39, 0.29) is 11.9 Å². The second-order valence-corrected chi connectivity index (χ2v) is 8.75. The summed E-state index contributed by atoms with van der Waals surface area (Å²) in [6.45, 7) is 7.02. The van der Waals surface area contributed by atoms with Crippen molar-refractivity contribution in [1.29, 1.82) is 0 Å². The Morgan fingerprint density at radius 2 is 2.00 bits per heavy atom. The Labute approximate surface area is 176 Å². The van der Waals surface area contributed by atoms with E-state index in [1.54, 1.807) is 19.1 Å². The van der Waals surface area contributed by atoms with Crippen molar-refractivity contribution in [3.05, 3.63) is 45.8 Å². The summed E-state index contributed by atoms with van der Waals surface area (Å²) in [5.41, 5.74) is 2.08. The molecule has 2 aromatic rings. The Kier molecular flexibility index (Phi) is 7.31. The number of nitrogens with one attached hydrogen (secondary N) is 1. The maximum absolute atomic E-state index is 12.9. The van der Waals surface area contributed by atoms with Gasteiger partial charge in [-0.15, -0.1) is 11.3 Å². The minimum absolute atomic E-state index is 0.247. The van der Waals surface area contributed by atoms with Gasteiger partial charge < -0.3 is 14.8 Å². The van der Waals surface area contributed by atoms with Gasteiger partial charge in [0.25, 0.3) is 5.91 Å². The fraction of sp³-hybridized carbons (Fsp3) is 0.478. The van der Waals surface area contributed by atoms with Crippen LogP contribution in [0.25, 0.3) is 0 Å². The molecule has 1 aromatic carbocycles. The van der Waals surface area contributed by atoms with Gasteiger partial charge in [-0.3, -0.25) is 4.79 Å². The van der Waals surface area contributed by atoms with E-state index in [1.165, 1.54) is 16.2 Å². The average molecular weight is 416 g/mol. The Morgan fingerprint density at radius 3 is 2.76 bits per heavy atom. The second-order valence-electron chi connectivity index (χ2n) is 7.65. The van der Waals surface area contributed by atoms with Crippen LogP contribution in [-0.2, 0) is 17.6 Å². The minimum atomic E-state index is -0.354. The van der Waals surface area contributed by atoms with Gasteiger partial charge in [-0.1, -0.05) is 19.9 Å². The van der Waals surface area contributed by atoms with Crippen LogP contribution >= 0.6 is 11.3 Å². The summed E-state index contributed by atoms with van der Waals surface area (Å²) in [7, 11) is 0. The van der Waals surface area contributed by atoms with Crippen LogP contribution in [0.3, 0.4) is 0 Å². The van der Waals surface area contributed by atoms with Crippen LogP contribution in [0.5, 0.6) is 5.75 Å². The van der Waals surface area contributed by atoms with Crippen molar-refractivity contribution in [2.24, 2.45) is 5.92 Å². The summed E-state index contributed by atoms with van der Waals surface area (Å²) in [6.07, 6.45) is 4.93. The Balaban J connectivity index is 1.78. The van der Waals surface area contributed by atoms with E-state index in [0.29, 0.717) is 41.0 Å². The molecule has 0 saturated heterocycles. The number of hydrogen-bond acceptors (Lipinski definition) is 5. The summed E-state index contributed by atoms with van der Waals surface area (Å²) in [6, 6.07) is 7.16. The number of carbonyl (C=O) groups excluding carboxylic acids is 2. The lowest BCUT2D eigenvalue weighted by atomic mass is 9.95. The largest absolute Gasteiger partial charge is 0.494 e. The van der Waals surface area contributed by atoms with Crippen molar-refractivity contribution >= 4 is 28.2 Å². The number of aryl methyl sites for hydroxylation is 1. The number of fused-ring (bicyclic) bond motifs is 1. The molecule has 156 valence electrons. The monoisotopic (exact) mass is 415 g/mol. The third-order valence-electron chi connectivity index (χ3n) is 4.94. The molecular weight excluding hydrogens is 386 g/mol. The molecule has 29 heavy (non-hydrogen) atoms. The fourth-order valence-electron chi connectivity index (χ4n) is 3.39. The lowest BCUT2D eigenvalue weighted by Crippen LogP contribution is -2.16. The van der Waals surface area contributed by atoms with Crippen LogP contribution in [0.2, 0.25) is 0 Å². The van der Waals surface area contributed by atoms with Crippen LogP contribution in [0.15, 0.2) is 24.3 Å². The zero-order valence-electron chi connectivity index (χ0n) is 17.4. The maximum atomic E-state index is 12.9. The number of benzene rings is 1. The Morgan fingerprint density at radius 1 is 1.21 bits per heavy atom. The van der Waals surface area contributed by atoms with Crippen LogP contribution in [0, 0.1) is 5.92 Å². The highest BCUT2D eigenvalue weighted by atomic mass is 32.1. The zero-order valence-corrected chi connectivity index (χ0v) is 18.2. The number of esters is 1. The molecule has 0 unspecified atom stereocenters. The van der Waals surface area contributed by atoms with Crippen molar-refractivity contribution in [2.75, 3.05) is 18.5 Å². The summed E-state index contributed by atoms with van der Waals surface area (Å²) >= 11 is 1.50. The van der Waals surface area contributed by atoms with E-state index in [0.717, 1.165) is 37.7 Å². The van der Waals surface area contributed by atoms with E-state index in [9.17, 15) is 9.59 Å². The van der Waals surface area contributed by atoms with Crippen LogP contribution in [-0.4, -0.2) is 25.1 Å². The molecular formula is C23H29NO4S. The van der Waals surface area contributed by atoms with Gasteiger partial charge in [0, 0.05) is 10.4 Å². The molecule has 1 heterocycles. The van der Waals surface area contributed by atoms with Gasteiger partial charge in [0.2, 0.25) is 0 Å². The van der Waals surface area contributed by atoms with E-state index < -0.39 is 0 Å². The highest BCUT2D eigenvalue weighted by Gasteiger charge is 2.27. The number of amides is 1. The molecule has 1 amide bonds. The third-order valence-corrected chi connectivity index (χ3v) is 6.15. The number of carbonyl (C=O) groups is 2. The minimum Gasteiger partial charge on any atom is -0.494 e. The van der Waals surface area contributed by atoms with Crippen molar-refractivity contribution in [3.63, 3.8) is 0 Å². The normalized spacial score (nSPS) is 13.1. The van der Waals surface area contributed by atoms with Crippen molar-refractivity contribution in [1.82, 2.24) is 0 Å². The summed E-state index contributed by atoms with van der Waals surface area (Å²) in [5.74, 6) is 0.637. The molecule has 0 saturated carbocycles. The van der Waals surface area contributed by atoms with Gasteiger partial charge in [0.05, 0.1) is 18.8 Å². The van der Waals surface area contributed by atoms with Crippen molar-refractivity contribution in [3.8, 4) is 5.75 Å². The number of hydrogen-bond donors (Lipinski definition) is 1. The molecule has 1 aromatic heterocycles. The molecule has 0 aliphatic heterocycles. The molecule has 0 fully saturated rings. The number of anilines is 1. The van der Waals surface area contributed by atoms with E-state index in [2.05, 4.69) is 19.2 Å². The number of rotatable bonds is 8. The van der Waals surface area contributed by atoms with Gasteiger partial charge in [-0.25, -0.2) is 4.79 Å². The molecule has 1 aliphatic rings. The smallest absolute Gasteiger partial charge is 0.341 e. The summed E-state index contributed by atoms with van der Waals surface area (Å²) < 4.78 is 11.0. The third kappa shape index (κ3) is 5.38. The first-order chi connectivity index (χ1) is 14.0. The second kappa shape index (κ2) is 9.92. The lowest BCUT2D eigenvalue weighted by Gasteiger charge is -2.12. The van der Waals surface area contributed by atoms with Gasteiger partial charge in [-0.05, 0) is 68.7 Å². The SMILES string of the molecule is CCOC(=O)c1c(NC(=O)c2cccc(OCCC(C)C)c2)sc2c1CCCC2. The van der Waals surface area contributed by atoms with Crippen LogP contribution in [0.1, 0.15) is 71.2 Å². The van der Waals surface area contributed by atoms with E-state index in [4.69, 9.17) is 9.47 Å². The summed E-state index contributed by atoms with van der Waals surface area (Å²) in [4.78, 5) is 26.6. The zero-order chi connectivity index (χ0) is 20.8. The first-order valence-electron chi connectivity index (χ1n) is 10.4. The molecule has 5 nitrogen and oxygen atoms in total. The molecule has 0 spiro atoms. The Bertz CT molecular complexity index is 872. The van der Waals surface area contributed by atoms with Crippen LogP contribution in [0.4, 0.5) is 5.00 Å². The fourth-order valence-corrected chi connectivity index (χ4v) is 4.66. The van der Waals surface area contributed by atoms with Gasteiger partial charge in [0.1, 0.15) is 10.8 Å². The topological polar surface area (TPSA) is 64.6 Å². The van der Waals surface area contributed by atoms with Gasteiger partial charge in [0.15, 0.2) is 0 Å². The van der Waals surface area contributed by atoms with Crippen molar-refractivity contribution < 1.29 is 19.1 Å². The quantitative estimate of drug-likeness (QED) is 0.580.